The number of hydrogen-bond donors (Lipinski definition) is 1. The Balaban J connectivity index is 1.81. The van der Waals surface area contributed by atoms with E-state index in [4.69, 9.17) is 0 Å². The summed E-state index contributed by atoms with van der Waals surface area (Å²) < 4.78 is 0. The van der Waals surface area contributed by atoms with Crippen LogP contribution in [0.1, 0.15) is 31.2 Å². The third-order valence-electron chi connectivity index (χ3n) is 3.52. The highest BCUT2D eigenvalue weighted by atomic mass is 32.2. The minimum atomic E-state index is -0.257. The summed E-state index contributed by atoms with van der Waals surface area (Å²) >= 11 is 1.68. The van der Waals surface area contributed by atoms with Crippen molar-refractivity contribution in [3.05, 3.63) is 29.8 Å². The molecule has 0 aromatic heterocycles. The average molecular weight is 319 g/mol. The quantitative estimate of drug-likeness (QED) is 0.514. The van der Waals surface area contributed by atoms with Gasteiger partial charge in [0.05, 0.1) is 6.21 Å². The first-order valence-corrected chi connectivity index (χ1v) is 8.65. The normalized spacial score (nSPS) is 15.9. The Bertz CT molecular complexity index is 543. The van der Waals surface area contributed by atoms with Crippen LogP contribution in [0.2, 0.25) is 0 Å². The van der Waals surface area contributed by atoms with Gasteiger partial charge < -0.3 is 4.90 Å². The Kier molecular flexibility index (Phi) is 6.45. The Hall–Kier alpha value is -1.82. The van der Waals surface area contributed by atoms with Crippen LogP contribution in [0.3, 0.4) is 0 Å². The molecule has 0 atom stereocenters. The van der Waals surface area contributed by atoms with Crippen molar-refractivity contribution in [3.63, 3.8) is 0 Å². The van der Waals surface area contributed by atoms with Crippen molar-refractivity contribution < 1.29 is 9.59 Å². The van der Waals surface area contributed by atoms with Crippen LogP contribution in [-0.4, -0.2) is 42.3 Å². The number of hydrogen-bond acceptors (Lipinski definition) is 4. The first-order chi connectivity index (χ1) is 10.7. The molecule has 5 nitrogen and oxygen atoms in total. The maximum atomic E-state index is 11.8. The number of carbonyl (C=O) groups excluding carboxylic acids is 2. The van der Waals surface area contributed by atoms with E-state index < -0.39 is 0 Å². The minimum absolute atomic E-state index is 0.0595. The van der Waals surface area contributed by atoms with Crippen molar-refractivity contribution in [2.24, 2.45) is 5.10 Å². The highest BCUT2D eigenvalue weighted by molar-refractivity contribution is 7.98. The van der Waals surface area contributed by atoms with Crippen LogP contribution >= 0.6 is 11.8 Å². The second kappa shape index (κ2) is 8.58. The molecule has 0 radical (unpaired) electrons. The van der Waals surface area contributed by atoms with E-state index in [1.54, 1.807) is 22.9 Å². The lowest BCUT2D eigenvalue weighted by Gasteiger charge is -2.18. The molecule has 6 heteroatoms. The molecule has 1 fully saturated rings. The van der Waals surface area contributed by atoms with Crippen LogP contribution < -0.4 is 5.43 Å². The fraction of sp³-hybridized carbons (Fsp3) is 0.438. The van der Waals surface area contributed by atoms with Crippen LogP contribution in [-0.2, 0) is 9.59 Å². The number of amides is 2. The summed E-state index contributed by atoms with van der Waals surface area (Å²) in [5.74, 6) is -0.198. The Morgan fingerprint density at radius 3 is 2.82 bits per heavy atom. The van der Waals surface area contributed by atoms with Gasteiger partial charge in [0.25, 0.3) is 5.91 Å². The predicted molar refractivity (Wildman–Crippen MR) is 89.0 cm³/mol. The van der Waals surface area contributed by atoms with Gasteiger partial charge in [-0.2, -0.15) is 5.10 Å². The third kappa shape index (κ3) is 5.18. The summed E-state index contributed by atoms with van der Waals surface area (Å²) in [4.78, 5) is 26.4. The molecule has 1 aliphatic rings. The molecule has 118 valence electrons. The number of rotatable bonds is 5. The molecule has 0 spiro atoms. The summed E-state index contributed by atoms with van der Waals surface area (Å²) in [5.41, 5.74) is 3.40. The fourth-order valence-corrected chi connectivity index (χ4v) is 2.69. The second-order valence-electron chi connectivity index (χ2n) is 5.19. The van der Waals surface area contributed by atoms with Gasteiger partial charge in [-0.3, -0.25) is 9.59 Å². The minimum Gasteiger partial charge on any atom is -0.333 e. The van der Waals surface area contributed by atoms with Gasteiger partial charge in [0.1, 0.15) is 6.54 Å². The number of thioether (sulfide) groups is 1. The van der Waals surface area contributed by atoms with Crippen molar-refractivity contribution in [1.29, 1.82) is 0 Å². The highest BCUT2D eigenvalue weighted by Crippen LogP contribution is 2.14. The largest absolute Gasteiger partial charge is 0.333 e. The van der Waals surface area contributed by atoms with E-state index in [-0.39, 0.29) is 18.4 Å². The summed E-state index contributed by atoms with van der Waals surface area (Å²) in [6.07, 6.45) is 7.09. The van der Waals surface area contributed by atoms with E-state index in [0.717, 1.165) is 24.8 Å². The number of likely N-dealkylation sites (tertiary alicyclic amines) is 1. The van der Waals surface area contributed by atoms with Crippen LogP contribution in [0.4, 0.5) is 0 Å². The Morgan fingerprint density at radius 2 is 2.09 bits per heavy atom. The smallest absolute Gasteiger partial charge is 0.259 e. The van der Waals surface area contributed by atoms with Crippen molar-refractivity contribution in [2.75, 3.05) is 19.3 Å². The third-order valence-corrected chi connectivity index (χ3v) is 4.27. The van der Waals surface area contributed by atoms with E-state index in [0.29, 0.717) is 13.0 Å². The van der Waals surface area contributed by atoms with Gasteiger partial charge >= 0.3 is 0 Å². The molecule has 0 aliphatic carbocycles. The molecular formula is C16H21N3O2S. The van der Waals surface area contributed by atoms with Crippen molar-refractivity contribution >= 4 is 29.8 Å². The lowest BCUT2D eigenvalue weighted by atomic mass is 10.2. The van der Waals surface area contributed by atoms with Crippen molar-refractivity contribution in [2.45, 2.75) is 30.6 Å². The molecule has 22 heavy (non-hydrogen) atoms. The van der Waals surface area contributed by atoms with Gasteiger partial charge in [0.15, 0.2) is 0 Å². The second-order valence-corrected chi connectivity index (χ2v) is 6.07. The monoisotopic (exact) mass is 319 g/mol. The Labute approximate surface area is 135 Å². The molecule has 0 bridgehead atoms. The first kappa shape index (κ1) is 16.5. The lowest BCUT2D eigenvalue weighted by molar-refractivity contribution is -0.135. The molecule has 1 aliphatic heterocycles. The average Bonchev–Trinajstić information content (AvgIpc) is 2.73. The number of carbonyl (C=O) groups is 2. The molecule has 1 N–H and O–H groups in total. The Morgan fingerprint density at radius 1 is 1.32 bits per heavy atom. The van der Waals surface area contributed by atoms with E-state index in [1.165, 1.54) is 4.90 Å². The zero-order chi connectivity index (χ0) is 15.8. The zero-order valence-corrected chi connectivity index (χ0v) is 13.6. The van der Waals surface area contributed by atoms with Gasteiger partial charge in [-0.25, -0.2) is 5.43 Å². The van der Waals surface area contributed by atoms with Crippen LogP contribution in [0, 0.1) is 0 Å². The molecule has 0 saturated carbocycles. The fourth-order valence-electron chi connectivity index (χ4n) is 2.28. The number of nitrogens with zero attached hydrogens (tertiary/aromatic N) is 2. The zero-order valence-electron chi connectivity index (χ0n) is 12.7. The number of nitrogens with one attached hydrogen (secondary N) is 1. The summed E-state index contributed by atoms with van der Waals surface area (Å²) in [6, 6.07) is 7.90. The molecule has 1 saturated heterocycles. The molecular weight excluding hydrogens is 298 g/mol. The van der Waals surface area contributed by atoms with Gasteiger partial charge in [-0.05, 0) is 36.8 Å². The van der Waals surface area contributed by atoms with Gasteiger partial charge in [0.2, 0.25) is 5.91 Å². The molecule has 0 unspecified atom stereocenters. The number of hydrazone groups is 1. The summed E-state index contributed by atoms with van der Waals surface area (Å²) in [5, 5.41) is 3.94. The van der Waals surface area contributed by atoms with Crippen LogP contribution in [0.5, 0.6) is 0 Å². The van der Waals surface area contributed by atoms with Gasteiger partial charge in [-0.1, -0.05) is 18.6 Å². The van der Waals surface area contributed by atoms with Crippen LogP contribution in [0.15, 0.2) is 34.3 Å². The van der Waals surface area contributed by atoms with Gasteiger partial charge in [-0.15, -0.1) is 11.8 Å². The molecule has 1 aromatic carbocycles. The molecule has 2 rings (SSSR count). The van der Waals surface area contributed by atoms with Crippen LogP contribution in [0.25, 0.3) is 0 Å². The maximum Gasteiger partial charge on any atom is 0.259 e. The predicted octanol–water partition coefficient (Wildman–Crippen LogP) is 2.26. The summed E-state index contributed by atoms with van der Waals surface area (Å²) in [7, 11) is 0. The number of benzene rings is 1. The lowest BCUT2D eigenvalue weighted by Crippen LogP contribution is -2.39. The molecule has 1 heterocycles. The molecule has 2 amide bonds. The van der Waals surface area contributed by atoms with E-state index in [2.05, 4.69) is 10.5 Å². The van der Waals surface area contributed by atoms with E-state index in [9.17, 15) is 9.59 Å². The van der Waals surface area contributed by atoms with Crippen molar-refractivity contribution in [3.8, 4) is 0 Å². The topological polar surface area (TPSA) is 61.8 Å². The molecule has 1 aromatic rings. The first-order valence-electron chi connectivity index (χ1n) is 7.43. The maximum absolute atomic E-state index is 11.8. The van der Waals surface area contributed by atoms with E-state index in [1.807, 2.05) is 30.5 Å². The standard InChI is InChI=1S/C16H21N3O2S/c1-22-14-8-6-13(7-9-14)11-17-18-15(20)12-19-10-4-2-3-5-16(19)21/h6-9,11H,2-5,10,12H2,1H3,(H,18,20)/b17-11-. The SMILES string of the molecule is CSc1ccc(/C=N\NC(=O)CN2CCCCCC2=O)cc1. The summed E-state index contributed by atoms with van der Waals surface area (Å²) in [6.45, 7) is 0.744. The highest BCUT2D eigenvalue weighted by Gasteiger charge is 2.18. The van der Waals surface area contributed by atoms with E-state index >= 15 is 0 Å². The van der Waals surface area contributed by atoms with Crippen molar-refractivity contribution in [1.82, 2.24) is 10.3 Å². The van der Waals surface area contributed by atoms with Gasteiger partial charge in [0, 0.05) is 17.9 Å².